The molecule has 1 nitrogen and oxygen atoms in total. The van der Waals surface area contributed by atoms with Gasteiger partial charge in [0.1, 0.15) is 0 Å². The first-order chi connectivity index (χ1) is 6.45. The third kappa shape index (κ3) is 3.17. The average molecular weight is 199 g/mol. The molecule has 0 aromatic heterocycles. The van der Waals surface area contributed by atoms with Crippen LogP contribution < -0.4 is 5.32 Å². The maximum atomic E-state index is 3.74. The van der Waals surface area contributed by atoms with Gasteiger partial charge in [-0.3, -0.25) is 0 Å². The summed E-state index contributed by atoms with van der Waals surface area (Å²) in [6.45, 7) is 1.30. The van der Waals surface area contributed by atoms with Crippen molar-refractivity contribution >= 4 is 11.8 Å². The largest absolute Gasteiger partial charge is 0.313 e. The van der Waals surface area contributed by atoms with Gasteiger partial charge in [-0.1, -0.05) is 12.8 Å². The Kier molecular flexibility index (Phi) is 3.98. The maximum Gasteiger partial charge on any atom is 0.0158 e. The predicted molar refractivity (Wildman–Crippen MR) is 60.3 cm³/mol. The second kappa shape index (κ2) is 5.26. The normalized spacial score (nSPS) is 30.9. The number of nitrogens with one attached hydrogen (secondary N) is 1. The molecular weight excluding hydrogens is 178 g/mol. The molecule has 2 aliphatic rings. The smallest absolute Gasteiger partial charge is 0.0158 e. The zero-order chi connectivity index (χ0) is 8.93. The van der Waals surface area contributed by atoms with Gasteiger partial charge in [0.2, 0.25) is 0 Å². The fourth-order valence-electron chi connectivity index (χ4n) is 2.45. The van der Waals surface area contributed by atoms with E-state index >= 15 is 0 Å². The minimum absolute atomic E-state index is 0.833. The van der Waals surface area contributed by atoms with Crippen molar-refractivity contribution in [2.24, 2.45) is 5.92 Å². The molecule has 0 amide bonds. The zero-order valence-electron chi connectivity index (χ0n) is 8.43. The van der Waals surface area contributed by atoms with E-state index in [0.717, 1.165) is 12.0 Å². The summed E-state index contributed by atoms with van der Waals surface area (Å²) in [7, 11) is 0. The lowest BCUT2D eigenvalue weighted by Gasteiger charge is -2.24. The first kappa shape index (κ1) is 9.85. The van der Waals surface area contributed by atoms with Gasteiger partial charge in [0.25, 0.3) is 0 Å². The molecule has 76 valence electrons. The molecular formula is C11H21NS. The number of thioether (sulfide) groups is 1. The summed E-state index contributed by atoms with van der Waals surface area (Å²) >= 11 is 2.12. The van der Waals surface area contributed by atoms with E-state index in [1.165, 1.54) is 56.6 Å². The minimum atomic E-state index is 0.833. The number of hydrogen-bond donors (Lipinski definition) is 1. The standard InChI is InChI=1S/C11H21NS/c1-2-5-10(4-1)8-12-11-6-3-7-13-9-11/h10-12H,1-9H2. The Balaban J connectivity index is 1.60. The Morgan fingerprint density at radius 3 is 2.62 bits per heavy atom. The summed E-state index contributed by atoms with van der Waals surface area (Å²) in [4.78, 5) is 0. The van der Waals surface area contributed by atoms with Crippen LogP contribution in [0.2, 0.25) is 0 Å². The monoisotopic (exact) mass is 199 g/mol. The molecule has 1 aliphatic carbocycles. The minimum Gasteiger partial charge on any atom is -0.313 e. The second-order valence-corrected chi connectivity index (χ2v) is 5.62. The van der Waals surface area contributed by atoms with E-state index in [4.69, 9.17) is 0 Å². The molecule has 1 aliphatic heterocycles. The predicted octanol–water partition coefficient (Wildman–Crippen LogP) is 2.66. The highest BCUT2D eigenvalue weighted by atomic mass is 32.2. The Morgan fingerprint density at radius 1 is 1.08 bits per heavy atom. The molecule has 1 saturated carbocycles. The molecule has 13 heavy (non-hydrogen) atoms. The molecule has 2 heteroatoms. The van der Waals surface area contributed by atoms with E-state index in [-0.39, 0.29) is 0 Å². The summed E-state index contributed by atoms with van der Waals surface area (Å²) < 4.78 is 0. The lowest BCUT2D eigenvalue weighted by atomic mass is 10.1. The molecule has 0 bridgehead atoms. The molecule has 1 atom stereocenters. The first-order valence-electron chi connectivity index (χ1n) is 5.76. The van der Waals surface area contributed by atoms with Gasteiger partial charge in [-0.05, 0) is 43.9 Å². The van der Waals surface area contributed by atoms with Gasteiger partial charge < -0.3 is 5.32 Å². The van der Waals surface area contributed by atoms with Gasteiger partial charge in [-0.2, -0.15) is 11.8 Å². The van der Waals surface area contributed by atoms with Crippen LogP contribution in [0.25, 0.3) is 0 Å². The van der Waals surface area contributed by atoms with Crippen LogP contribution in [0, 0.1) is 5.92 Å². The Hall–Kier alpha value is 0.310. The van der Waals surface area contributed by atoms with Crippen LogP contribution in [0.15, 0.2) is 0 Å². The molecule has 0 aromatic carbocycles. The van der Waals surface area contributed by atoms with E-state index in [9.17, 15) is 0 Å². The summed E-state index contributed by atoms with van der Waals surface area (Å²) in [6, 6.07) is 0.833. The van der Waals surface area contributed by atoms with E-state index in [0.29, 0.717) is 0 Å². The number of rotatable bonds is 3. The van der Waals surface area contributed by atoms with Crippen molar-refractivity contribution in [1.82, 2.24) is 5.32 Å². The highest BCUT2D eigenvalue weighted by molar-refractivity contribution is 7.99. The van der Waals surface area contributed by atoms with Crippen molar-refractivity contribution in [3.63, 3.8) is 0 Å². The third-order valence-electron chi connectivity index (χ3n) is 3.33. The molecule has 1 heterocycles. The van der Waals surface area contributed by atoms with Crippen molar-refractivity contribution in [2.45, 2.75) is 44.6 Å². The zero-order valence-corrected chi connectivity index (χ0v) is 9.24. The van der Waals surface area contributed by atoms with Crippen LogP contribution in [0.3, 0.4) is 0 Å². The maximum absolute atomic E-state index is 3.74. The van der Waals surface area contributed by atoms with E-state index in [1.54, 1.807) is 0 Å². The van der Waals surface area contributed by atoms with E-state index < -0.39 is 0 Å². The first-order valence-corrected chi connectivity index (χ1v) is 6.92. The second-order valence-electron chi connectivity index (χ2n) is 4.47. The molecule has 2 fully saturated rings. The SMILES string of the molecule is C1CCC(CNC2CCCSC2)C1. The van der Waals surface area contributed by atoms with Crippen LogP contribution in [-0.2, 0) is 0 Å². The van der Waals surface area contributed by atoms with Crippen LogP contribution in [0.1, 0.15) is 38.5 Å². The van der Waals surface area contributed by atoms with Gasteiger partial charge in [-0.25, -0.2) is 0 Å². The Bertz CT molecular complexity index is 137. The topological polar surface area (TPSA) is 12.0 Å². The molecule has 1 unspecified atom stereocenters. The van der Waals surface area contributed by atoms with Crippen molar-refractivity contribution < 1.29 is 0 Å². The molecule has 2 rings (SSSR count). The Morgan fingerprint density at radius 2 is 1.92 bits per heavy atom. The van der Waals surface area contributed by atoms with Crippen LogP contribution in [0.4, 0.5) is 0 Å². The van der Waals surface area contributed by atoms with Gasteiger partial charge in [0.05, 0.1) is 0 Å². The van der Waals surface area contributed by atoms with Gasteiger partial charge >= 0.3 is 0 Å². The molecule has 1 saturated heterocycles. The van der Waals surface area contributed by atoms with Crippen LogP contribution in [0.5, 0.6) is 0 Å². The van der Waals surface area contributed by atoms with E-state index in [2.05, 4.69) is 17.1 Å². The highest BCUT2D eigenvalue weighted by Crippen LogP contribution is 2.24. The van der Waals surface area contributed by atoms with Gasteiger partial charge in [-0.15, -0.1) is 0 Å². The summed E-state index contributed by atoms with van der Waals surface area (Å²) in [5, 5.41) is 3.74. The fraction of sp³-hybridized carbons (Fsp3) is 1.00. The third-order valence-corrected chi connectivity index (χ3v) is 4.55. The molecule has 0 aromatic rings. The lowest BCUT2D eigenvalue weighted by molar-refractivity contribution is 0.430. The fourth-order valence-corrected chi connectivity index (χ4v) is 3.56. The molecule has 0 spiro atoms. The molecule has 1 N–H and O–H groups in total. The van der Waals surface area contributed by atoms with Crippen molar-refractivity contribution in [3.8, 4) is 0 Å². The van der Waals surface area contributed by atoms with Crippen LogP contribution in [-0.4, -0.2) is 24.1 Å². The van der Waals surface area contributed by atoms with Gasteiger partial charge in [0, 0.05) is 11.8 Å². The van der Waals surface area contributed by atoms with Crippen molar-refractivity contribution in [1.29, 1.82) is 0 Å². The van der Waals surface area contributed by atoms with Crippen molar-refractivity contribution in [3.05, 3.63) is 0 Å². The summed E-state index contributed by atoms with van der Waals surface area (Å²) in [5.74, 6) is 3.75. The summed E-state index contributed by atoms with van der Waals surface area (Å²) in [5.41, 5.74) is 0. The lowest BCUT2D eigenvalue weighted by Crippen LogP contribution is -2.36. The Labute approximate surface area is 86.0 Å². The van der Waals surface area contributed by atoms with E-state index in [1.807, 2.05) is 0 Å². The highest BCUT2D eigenvalue weighted by Gasteiger charge is 2.18. The van der Waals surface area contributed by atoms with Gasteiger partial charge in [0.15, 0.2) is 0 Å². The van der Waals surface area contributed by atoms with Crippen molar-refractivity contribution in [2.75, 3.05) is 18.1 Å². The molecule has 0 radical (unpaired) electrons. The number of hydrogen-bond acceptors (Lipinski definition) is 2. The summed E-state index contributed by atoms with van der Waals surface area (Å²) in [6.07, 6.45) is 8.75. The average Bonchev–Trinajstić information content (AvgIpc) is 2.69. The quantitative estimate of drug-likeness (QED) is 0.750. The van der Waals surface area contributed by atoms with Crippen LogP contribution >= 0.6 is 11.8 Å².